The zero-order valence-electron chi connectivity index (χ0n) is 25.7. The molecule has 0 aliphatic carbocycles. The van der Waals surface area contributed by atoms with Gasteiger partial charge in [0.05, 0.1) is 18.5 Å². The summed E-state index contributed by atoms with van der Waals surface area (Å²) in [5.74, 6) is 1.11. The first-order valence-corrected chi connectivity index (χ1v) is 15.1. The van der Waals surface area contributed by atoms with Crippen LogP contribution in [0.1, 0.15) is 43.5 Å². The van der Waals surface area contributed by atoms with Gasteiger partial charge < -0.3 is 14.8 Å². The lowest BCUT2D eigenvalue weighted by atomic mass is 10.0. The largest absolute Gasteiger partial charge is 0.573 e. The molecule has 0 saturated carbocycles. The zero-order valence-corrected chi connectivity index (χ0v) is 26.5. The summed E-state index contributed by atoms with van der Waals surface area (Å²) in [6, 6.07) is 18.2. The lowest BCUT2D eigenvalue weighted by Gasteiger charge is -2.16. The van der Waals surface area contributed by atoms with Gasteiger partial charge in [0.25, 0.3) is 0 Å². The minimum absolute atomic E-state index is 0.226. The van der Waals surface area contributed by atoms with Crippen molar-refractivity contribution >= 4 is 22.9 Å². The number of carbonyl (C=O) groups excluding carboxylic acids is 1. The Morgan fingerprint density at radius 2 is 1.74 bits per heavy atom. The Labute approximate surface area is 267 Å². The van der Waals surface area contributed by atoms with Crippen molar-refractivity contribution in [2.75, 3.05) is 7.11 Å². The smallest absolute Gasteiger partial charge is 0.497 e. The molecule has 0 fully saturated rings. The molecule has 3 aromatic carbocycles. The van der Waals surface area contributed by atoms with Crippen LogP contribution in [-0.2, 0) is 0 Å². The number of carbonyl (C=O) groups is 1. The summed E-state index contributed by atoms with van der Waals surface area (Å²) in [4.78, 5) is 22.1. The van der Waals surface area contributed by atoms with Crippen LogP contribution in [0.15, 0.2) is 89.6 Å². The number of aromatic nitrogens is 4. The van der Waals surface area contributed by atoms with Gasteiger partial charge in [-0.15, -0.1) is 29.6 Å². The molecule has 1 N–H and O–H groups in total. The molecule has 0 bridgehead atoms. The summed E-state index contributed by atoms with van der Waals surface area (Å²) >= 11 is 1.39. The Kier molecular flexibility index (Phi) is 9.42. The van der Waals surface area contributed by atoms with Crippen LogP contribution in [0.5, 0.6) is 11.5 Å². The number of thiazole rings is 1. The molecule has 0 atom stereocenters. The highest BCUT2D eigenvalue weighted by atomic mass is 32.1. The van der Waals surface area contributed by atoms with Crippen LogP contribution in [0, 0.1) is 6.92 Å². The SMILES string of the molecule is COc1ccc(-n2c(C)csc2=NC(=O)N/C=C(\C)c2ccc(-c3ncn(-c4ccc(OC(F)(F)F)cc4)n3)cc2)c(C(C)C)c1. The number of nitrogens with one attached hydrogen (secondary N) is 1. The highest BCUT2D eigenvalue weighted by Gasteiger charge is 2.31. The van der Waals surface area contributed by atoms with E-state index in [-0.39, 0.29) is 11.7 Å². The van der Waals surface area contributed by atoms with Crippen LogP contribution in [0.25, 0.3) is 28.3 Å². The fourth-order valence-corrected chi connectivity index (χ4v) is 5.53. The van der Waals surface area contributed by atoms with Crippen LogP contribution in [0.3, 0.4) is 0 Å². The molecular formula is C33H31F3N6O3S. The zero-order chi connectivity index (χ0) is 33.0. The van der Waals surface area contributed by atoms with Gasteiger partial charge in [-0.25, -0.2) is 14.5 Å². The molecule has 2 heterocycles. The van der Waals surface area contributed by atoms with Crippen LogP contribution >= 0.6 is 11.3 Å². The number of nitrogens with zero attached hydrogens (tertiary/aromatic N) is 5. The molecular weight excluding hydrogens is 617 g/mol. The van der Waals surface area contributed by atoms with Gasteiger partial charge in [0.1, 0.15) is 17.8 Å². The standard InChI is InChI=1S/C33H31F3N6O3S/c1-20(2)28-16-27(44-5)14-15-29(28)42-22(4)18-46-32(42)39-31(43)37-17-21(3)23-6-8-24(9-7-23)30-38-19-41(40-30)25-10-12-26(13-11-25)45-33(34,35)36/h6-20H,1-5H3,(H,37,43)/b21-17+,39-32?. The van der Waals surface area contributed by atoms with E-state index < -0.39 is 12.4 Å². The number of rotatable bonds is 8. The predicted octanol–water partition coefficient (Wildman–Crippen LogP) is 7.80. The van der Waals surface area contributed by atoms with Crippen molar-refractivity contribution < 1.29 is 27.4 Å². The van der Waals surface area contributed by atoms with Crippen molar-refractivity contribution in [2.24, 2.45) is 4.99 Å². The number of aryl methyl sites for hydroxylation is 1. The monoisotopic (exact) mass is 648 g/mol. The predicted molar refractivity (Wildman–Crippen MR) is 170 cm³/mol. The second kappa shape index (κ2) is 13.4. The minimum atomic E-state index is -4.76. The second-order valence-electron chi connectivity index (χ2n) is 10.6. The van der Waals surface area contributed by atoms with Crippen molar-refractivity contribution in [2.45, 2.75) is 40.0 Å². The van der Waals surface area contributed by atoms with E-state index in [2.05, 4.69) is 39.0 Å². The van der Waals surface area contributed by atoms with Crippen LogP contribution in [0.4, 0.5) is 18.0 Å². The summed E-state index contributed by atoms with van der Waals surface area (Å²) in [5.41, 5.74) is 5.93. The second-order valence-corrected chi connectivity index (χ2v) is 11.4. The molecule has 5 rings (SSSR count). The molecule has 0 saturated heterocycles. The summed E-state index contributed by atoms with van der Waals surface area (Å²) in [5, 5.41) is 9.16. The van der Waals surface area contributed by atoms with Crippen molar-refractivity contribution in [3.8, 4) is 34.3 Å². The number of hydrogen-bond donors (Lipinski definition) is 1. The highest BCUT2D eigenvalue weighted by molar-refractivity contribution is 7.07. The van der Waals surface area contributed by atoms with E-state index in [1.807, 2.05) is 66.3 Å². The third kappa shape index (κ3) is 7.54. The molecule has 0 unspecified atom stereocenters. The van der Waals surface area contributed by atoms with Gasteiger partial charge in [-0.2, -0.15) is 4.99 Å². The topological polar surface area (TPSA) is 95.6 Å². The number of alkyl halides is 3. The van der Waals surface area contributed by atoms with Gasteiger partial charge >= 0.3 is 12.4 Å². The van der Waals surface area contributed by atoms with E-state index in [4.69, 9.17) is 4.74 Å². The fraction of sp³-hybridized carbons (Fsp3) is 0.212. The molecule has 46 heavy (non-hydrogen) atoms. The maximum absolute atomic E-state index is 12.9. The number of methoxy groups -OCH3 is 1. The molecule has 5 aromatic rings. The quantitative estimate of drug-likeness (QED) is 0.185. The van der Waals surface area contributed by atoms with Gasteiger partial charge in [-0.05, 0) is 78.9 Å². The van der Waals surface area contributed by atoms with E-state index in [1.54, 1.807) is 13.3 Å². The van der Waals surface area contributed by atoms with Crippen molar-refractivity contribution in [3.63, 3.8) is 0 Å². The van der Waals surface area contributed by atoms with E-state index in [9.17, 15) is 18.0 Å². The molecule has 0 spiro atoms. The number of urea groups is 1. The van der Waals surface area contributed by atoms with E-state index in [0.717, 1.165) is 39.4 Å². The van der Waals surface area contributed by atoms with E-state index in [0.29, 0.717) is 16.3 Å². The maximum atomic E-state index is 12.9. The number of halogens is 3. The Morgan fingerprint density at radius 1 is 1.04 bits per heavy atom. The lowest BCUT2D eigenvalue weighted by Crippen LogP contribution is -2.22. The minimum Gasteiger partial charge on any atom is -0.497 e. The number of allylic oxidation sites excluding steroid dienone is 1. The summed E-state index contributed by atoms with van der Waals surface area (Å²) in [6.07, 6.45) is -1.67. The normalized spacial score (nSPS) is 12.5. The van der Waals surface area contributed by atoms with Gasteiger partial charge in [0, 0.05) is 22.8 Å². The molecule has 0 aliphatic rings. The van der Waals surface area contributed by atoms with Gasteiger partial charge in [-0.1, -0.05) is 38.1 Å². The van der Waals surface area contributed by atoms with Crippen molar-refractivity contribution in [3.05, 3.63) is 106 Å². The highest BCUT2D eigenvalue weighted by Crippen LogP contribution is 2.28. The molecule has 13 heteroatoms. The number of benzene rings is 3. The van der Waals surface area contributed by atoms with Crippen molar-refractivity contribution in [1.82, 2.24) is 24.6 Å². The Bertz CT molecular complexity index is 1940. The first kappa shape index (κ1) is 32.2. The van der Waals surface area contributed by atoms with Gasteiger partial charge in [0.15, 0.2) is 10.6 Å². The molecule has 0 aliphatic heterocycles. The Balaban J connectivity index is 1.28. The molecule has 9 nitrogen and oxygen atoms in total. The molecule has 2 amide bonds. The molecule has 238 valence electrons. The number of amides is 2. The fourth-order valence-electron chi connectivity index (χ4n) is 4.66. The van der Waals surface area contributed by atoms with Crippen molar-refractivity contribution in [1.29, 1.82) is 0 Å². The summed E-state index contributed by atoms with van der Waals surface area (Å²) in [7, 11) is 1.64. The average molecular weight is 649 g/mol. The third-order valence-corrected chi connectivity index (χ3v) is 7.95. The molecule has 2 aromatic heterocycles. The van der Waals surface area contributed by atoms with E-state index >= 15 is 0 Å². The Hall–Kier alpha value is -5.17. The van der Waals surface area contributed by atoms with Crippen LogP contribution in [-0.4, -0.2) is 38.8 Å². The first-order chi connectivity index (χ1) is 21.9. The van der Waals surface area contributed by atoms with E-state index in [1.165, 1.54) is 46.6 Å². The maximum Gasteiger partial charge on any atom is 0.573 e. The Morgan fingerprint density at radius 3 is 2.39 bits per heavy atom. The average Bonchev–Trinajstić information content (AvgIpc) is 3.66. The lowest BCUT2D eigenvalue weighted by molar-refractivity contribution is -0.274. The summed E-state index contributed by atoms with van der Waals surface area (Å²) in [6.45, 7) is 8.06. The summed E-state index contributed by atoms with van der Waals surface area (Å²) < 4.78 is 50.1. The number of hydrogen-bond acceptors (Lipinski definition) is 6. The van der Waals surface area contributed by atoms with Crippen LogP contribution < -0.4 is 19.6 Å². The first-order valence-electron chi connectivity index (χ1n) is 14.2. The van der Waals surface area contributed by atoms with Gasteiger partial charge in [0.2, 0.25) is 0 Å². The molecule has 0 radical (unpaired) electrons. The number of ether oxygens (including phenoxy) is 2. The van der Waals surface area contributed by atoms with Gasteiger partial charge in [-0.3, -0.25) is 4.57 Å². The van der Waals surface area contributed by atoms with Crippen LogP contribution in [0.2, 0.25) is 0 Å². The third-order valence-electron chi connectivity index (χ3n) is 7.01.